The number of thioether (sulfide) groups is 1. The Bertz CT molecular complexity index is 789. The van der Waals surface area contributed by atoms with E-state index >= 15 is 0 Å². The SMILES string of the molecule is [NH-]C=NC=NCC(=Nc1ccc(Cl)cc1Cl)SCc1ccc(Cl)cc1. The summed E-state index contributed by atoms with van der Waals surface area (Å²) >= 11 is 19.6. The predicted octanol–water partition coefficient (Wildman–Crippen LogP) is 6.72. The van der Waals surface area contributed by atoms with Gasteiger partial charge in [-0.15, -0.1) is 18.1 Å². The van der Waals surface area contributed by atoms with E-state index in [0.29, 0.717) is 27.3 Å². The van der Waals surface area contributed by atoms with Gasteiger partial charge in [-0.3, -0.25) is 4.99 Å². The van der Waals surface area contributed by atoms with Gasteiger partial charge in [-0.05, 0) is 35.9 Å². The monoisotopic (exact) mass is 411 g/mol. The van der Waals surface area contributed by atoms with Crippen LogP contribution >= 0.6 is 46.6 Å². The normalized spacial score (nSPS) is 12.4. The number of benzene rings is 2. The van der Waals surface area contributed by atoms with Gasteiger partial charge in [-0.2, -0.15) is 0 Å². The summed E-state index contributed by atoms with van der Waals surface area (Å²) in [6, 6.07) is 12.8. The average Bonchev–Trinajstić information content (AvgIpc) is 2.60. The zero-order chi connectivity index (χ0) is 18.1. The maximum absolute atomic E-state index is 6.87. The first-order chi connectivity index (χ1) is 12.1. The molecule has 0 radical (unpaired) electrons. The quantitative estimate of drug-likeness (QED) is 0.383. The second-order valence-corrected chi connectivity index (χ2v) is 7.08. The fourth-order valence-electron chi connectivity index (χ4n) is 1.77. The molecule has 0 aliphatic rings. The van der Waals surface area contributed by atoms with Crippen molar-refractivity contribution in [1.82, 2.24) is 0 Å². The summed E-state index contributed by atoms with van der Waals surface area (Å²) in [5, 5.41) is 2.51. The number of halogens is 3. The molecule has 0 spiro atoms. The molecule has 0 saturated carbocycles. The van der Waals surface area contributed by atoms with Crippen molar-refractivity contribution in [2.75, 3.05) is 6.54 Å². The van der Waals surface area contributed by atoms with Crippen molar-refractivity contribution >= 4 is 70.0 Å². The molecular weight excluding hydrogens is 399 g/mol. The summed E-state index contributed by atoms with van der Waals surface area (Å²) in [4.78, 5) is 12.4. The van der Waals surface area contributed by atoms with Gasteiger partial charge in [-0.1, -0.05) is 46.9 Å². The van der Waals surface area contributed by atoms with Crippen LogP contribution in [0.15, 0.2) is 57.4 Å². The highest BCUT2D eigenvalue weighted by Gasteiger charge is 2.05. The standard InChI is InChI=1S/C17H14Cl3N4S/c18-13-3-1-12(2-4-13)9-25-17(8-22-11-23-10-21)24-16-6-5-14(19)7-15(16)20/h1-7,10-11H,8-9H2,(H-,21,22,23)/q-1. The van der Waals surface area contributed by atoms with Gasteiger partial charge in [0.25, 0.3) is 0 Å². The maximum Gasteiger partial charge on any atom is 0.0957 e. The molecule has 0 bridgehead atoms. The molecule has 130 valence electrons. The minimum absolute atomic E-state index is 0.342. The van der Waals surface area contributed by atoms with Crippen LogP contribution in [0.4, 0.5) is 5.69 Å². The molecule has 2 rings (SSSR count). The minimum Gasteiger partial charge on any atom is -0.488 e. The molecule has 0 atom stereocenters. The first kappa shape index (κ1) is 19.8. The Morgan fingerprint density at radius 1 is 1.04 bits per heavy atom. The van der Waals surface area contributed by atoms with Crippen LogP contribution in [-0.4, -0.2) is 24.3 Å². The molecule has 0 heterocycles. The van der Waals surface area contributed by atoms with E-state index in [1.165, 1.54) is 6.34 Å². The van der Waals surface area contributed by atoms with Gasteiger partial charge in [0.05, 0.1) is 22.3 Å². The molecule has 0 fully saturated rings. The van der Waals surface area contributed by atoms with Crippen molar-refractivity contribution in [2.24, 2.45) is 15.0 Å². The summed E-state index contributed by atoms with van der Waals surface area (Å²) < 4.78 is 0. The fourth-order valence-corrected chi connectivity index (χ4v) is 3.20. The Morgan fingerprint density at radius 2 is 1.76 bits per heavy atom. The largest absolute Gasteiger partial charge is 0.488 e. The van der Waals surface area contributed by atoms with Crippen molar-refractivity contribution < 1.29 is 0 Å². The van der Waals surface area contributed by atoms with Crippen molar-refractivity contribution in [1.29, 1.82) is 0 Å². The van der Waals surface area contributed by atoms with Gasteiger partial charge >= 0.3 is 0 Å². The van der Waals surface area contributed by atoms with Crippen LogP contribution < -0.4 is 0 Å². The predicted molar refractivity (Wildman–Crippen MR) is 112 cm³/mol. The zero-order valence-electron chi connectivity index (χ0n) is 13.0. The molecule has 2 aromatic carbocycles. The molecule has 0 saturated heterocycles. The summed E-state index contributed by atoms with van der Waals surface area (Å²) in [6.45, 7) is 0.342. The van der Waals surface area contributed by atoms with Crippen molar-refractivity contribution in [3.8, 4) is 0 Å². The maximum atomic E-state index is 6.87. The van der Waals surface area contributed by atoms with E-state index in [1.54, 1.807) is 30.0 Å². The van der Waals surface area contributed by atoms with Crippen LogP contribution in [0.3, 0.4) is 0 Å². The van der Waals surface area contributed by atoms with Crippen LogP contribution in [0.1, 0.15) is 5.56 Å². The molecule has 2 aromatic rings. The average molecular weight is 413 g/mol. The van der Waals surface area contributed by atoms with Gasteiger partial charge in [0.2, 0.25) is 0 Å². The van der Waals surface area contributed by atoms with Crippen molar-refractivity contribution in [2.45, 2.75) is 5.75 Å². The molecule has 0 aliphatic heterocycles. The second-order valence-electron chi connectivity index (χ2n) is 4.75. The van der Waals surface area contributed by atoms with Crippen LogP contribution in [0, 0.1) is 0 Å². The van der Waals surface area contributed by atoms with Gasteiger partial charge in [0, 0.05) is 22.1 Å². The highest BCUT2D eigenvalue weighted by atomic mass is 35.5. The Labute approximate surface area is 165 Å². The summed E-state index contributed by atoms with van der Waals surface area (Å²) in [7, 11) is 0. The number of nitrogens with one attached hydrogen (secondary N) is 1. The molecular formula is C17H14Cl3N4S-. The fraction of sp³-hybridized carbons (Fsp3) is 0.118. The second kappa shape index (κ2) is 10.5. The lowest BCUT2D eigenvalue weighted by Gasteiger charge is -2.06. The number of aliphatic imine (C=N–C) groups is 3. The molecule has 8 heteroatoms. The molecule has 4 nitrogen and oxygen atoms in total. The van der Waals surface area contributed by atoms with E-state index in [1.807, 2.05) is 24.3 Å². The molecule has 0 aliphatic carbocycles. The summed E-state index contributed by atoms with van der Waals surface area (Å²) in [6.07, 6.45) is 2.26. The minimum atomic E-state index is 0.342. The Hall–Kier alpha value is -1.53. The van der Waals surface area contributed by atoms with Crippen LogP contribution in [0.2, 0.25) is 15.1 Å². The van der Waals surface area contributed by atoms with E-state index < -0.39 is 0 Å². The Morgan fingerprint density at radius 3 is 2.44 bits per heavy atom. The lowest BCUT2D eigenvalue weighted by atomic mass is 10.2. The molecule has 25 heavy (non-hydrogen) atoms. The number of hydrogen-bond donors (Lipinski definition) is 0. The molecule has 0 amide bonds. The van der Waals surface area contributed by atoms with E-state index in [4.69, 9.17) is 40.5 Å². The summed E-state index contributed by atoms with van der Waals surface area (Å²) in [5.41, 5.74) is 8.62. The zero-order valence-corrected chi connectivity index (χ0v) is 16.1. The van der Waals surface area contributed by atoms with Crippen LogP contribution in [0.5, 0.6) is 0 Å². The smallest absolute Gasteiger partial charge is 0.0957 e. The van der Waals surface area contributed by atoms with Crippen molar-refractivity contribution in [3.63, 3.8) is 0 Å². The van der Waals surface area contributed by atoms with E-state index in [2.05, 4.69) is 15.0 Å². The Kier molecular flexibility index (Phi) is 8.28. The van der Waals surface area contributed by atoms with Crippen LogP contribution in [-0.2, 0) is 5.75 Å². The first-order valence-electron chi connectivity index (χ1n) is 7.15. The number of hydrogen-bond acceptors (Lipinski definition) is 3. The third-order valence-electron chi connectivity index (χ3n) is 2.92. The molecule has 0 aromatic heterocycles. The van der Waals surface area contributed by atoms with Gasteiger partial charge in [0.1, 0.15) is 0 Å². The highest BCUT2D eigenvalue weighted by Crippen LogP contribution is 2.29. The van der Waals surface area contributed by atoms with E-state index in [0.717, 1.165) is 22.7 Å². The van der Waals surface area contributed by atoms with Gasteiger partial charge in [-0.25, -0.2) is 4.99 Å². The summed E-state index contributed by atoms with van der Waals surface area (Å²) in [5.74, 6) is 0.721. The molecule has 1 N–H and O–H groups in total. The topological polar surface area (TPSA) is 60.9 Å². The molecule has 0 unspecified atom stereocenters. The third-order valence-corrected chi connectivity index (χ3v) is 4.74. The van der Waals surface area contributed by atoms with Crippen LogP contribution in [0.25, 0.3) is 5.73 Å². The van der Waals surface area contributed by atoms with E-state index in [9.17, 15) is 0 Å². The third kappa shape index (κ3) is 7.08. The van der Waals surface area contributed by atoms with E-state index in [-0.39, 0.29) is 0 Å². The van der Waals surface area contributed by atoms with Crippen molar-refractivity contribution in [3.05, 3.63) is 68.8 Å². The number of rotatable bonds is 6. The number of nitrogens with zero attached hydrogens (tertiary/aromatic N) is 3. The lowest BCUT2D eigenvalue weighted by molar-refractivity contribution is 1.30. The lowest BCUT2D eigenvalue weighted by Crippen LogP contribution is -1.99. The highest BCUT2D eigenvalue weighted by molar-refractivity contribution is 8.13. The van der Waals surface area contributed by atoms with Gasteiger partial charge in [0.15, 0.2) is 0 Å². The Balaban J connectivity index is 2.16. The van der Waals surface area contributed by atoms with Gasteiger partial charge < -0.3 is 10.7 Å². The first-order valence-corrected chi connectivity index (χ1v) is 9.27.